The quantitative estimate of drug-likeness (QED) is 0.760. The molecule has 1 unspecified atom stereocenters. The summed E-state index contributed by atoms with van der Waals surface area (Å²) >= 11 is 0. The number of nitrogen functional groups attached to an aromatic ring is 1. The van der Waals surface area contributed by atoms with Crippen molar-refractivity contribution < 1.29 is 5.11 Å². The van der Waals surface area contributed by atoms with Crippen molar-refractivity contribution in [1.82, 2.24) is 9.80 Å². The zero-order chi connectivity index (χ0) is 13.7. The lowest BCUT2D eigenvalue weighted by molar-refractivity contribution is 0.121. The van der Waals surface area contributed by atoms with E-state index in [0.717, 1.165) is 18.7 Å². The highest BCUT2D eigenvalue weighted by Gasteiger charge is 2.14. The average Bonchev–Trinajstić information content (AvgIpc) is 2.89. The molecule has 1 aliphatic rings. The van der Waals surface area contributed by atoms with Crippen molar-refractivity contribution in [2.45, 2.75) is 18.9 Å². The fourth-order valence-corrected chi connectivity index (χ4v) is 2.58. The van der Waals surface area contributed by atoms with E-state index in [1.165, 1.54) is 25.9 Å². The van der Waals surface area contributed by atoms with Crippen LogP contribution in [0.4, 0.5) is 5.69 Å². The van der Waals surface area contributed by atoms with Gasteiger partial charge in [-0.3, -0.25) is 0 Å². The predicted octanol–water partition coefficient (Wildman–Crippen LogP) is 1.33. The van der Waals surface area contributed by atoms with Gasteiger partial charge < -0.3 is 20.6 Å². The van der Waals surface area contributed by atoms with E-state index >= 15 is 0 Å². The Morgan fingerprint density at radius 1 is 1.37 bits per heavy atom. The molecule has 1 atom stereocenters. The summed E-state index contributed by atoms with van der Waals surface area (Å²) in [6.07, 6.45) is 2.19. The van der Waals surface area contributed by atoms with E-state index in [2.05, 4.69) is 16.8 Å². The van der Waals surface area contributed by atoms with Gasteiger partial charge in [0.15, 0.2) is 0 Å². The van der Waals surface area contributed by atoms with Gasteiger partial charge in [0, 0.05) is 25.3 Å². The monoisotopic (exact) mass is 263 g/mol. The van der Waals surface area contributed by atoms with Crippen molar-refractivity contribution in [1.29, 1.82) is 0 Å². The molecule has 1 fully saturated rings. The summed E-state index contributed by atoms with van der Waals surface area (Å²) in [5, 5.41) is 10.2. The number of rotatable bonds is 6. The highest BCUT2D eigenvalue weighted by Crippen LogP contribution is 2.16. The number of hydrogen-bond acceptors (Lipinski definition) is 4. The SMILES string of the molecule is CN(CCN1CCCC1)CC(O)c1cccc(N)c1. The Morgan fingerprint density at radius 3 is 2.79 bits per heavy atom. The molecule has 0 amide bonds. The molecule has 0 aromatic heterocycles. The molecule has 4 heteroatoms. The molecule has 3 N–H and O–H groups in total. The van der Waals surface area contributed by atoms with Gasteiger partial charge in [-0.05, 0) is 50.7 Å². The van der Waals surface area contributed by atoms with Crippen molar-refractivity contribution in [3.63, 3.8) is 0 Å². The maximum Gasteiger partial charge on any atom is 0.0917 e. The molecule has 0 radical (unpaired) electrons. The summed E-state index contributed by atoms with van der Waals surface area (Å²) in [5.41, 5.74) is 7.34. The Kier molecular flexibility index (Phi) is 5.19. The van der Waals surface area contributed by atoms with Crippen LogP contribution in [0.25, 0.3) is 0 Å². The molecule has 0 aliphatic carbocycles. The molecule has 0 saturated carbocycles. The zero-order valence-electron chi connectivity index (χ0n) is 11.8. The van der Waals surface area contributed by atoms with Crippen molar-refractivity contribution in [3.05, 3.63) is 29.8 Å². The molecule has 4 nitrogen and oxygen atoms in total. The Labute approximate surface area is 115 Å². The highest BCUT2D eigenvalue weighted by atomic mass is 16.3. The summed E-state index contributed by atoms with van der Waals surface area (Å²) in [7, 11) is 2.06. The summed E-state index contributed by atoms with van der Waals surface area (Å²) in [6, 6.07) is 7.50. The standard InChI is InChI=1S/C15H25N3O/c1-17(9-10-18-7-2-3-8-18)12-15(19)13-5-4-6-14(16)11-13/h4-6,11,15,19H,2-3,7-10,12,16H2,1H3. The molecular weight excluding hydrogens is 238 g/mol. The highest BCUT2D eigenvalue weighted by molar-refractivity contribution is 5.41. The first kappa shape index (κ1) is 14.3. The van der Waals surface area contributed by atoms with Crippen LogP contribution >= 0.6 is 0 Å². The van der Waals surface area contributed by atoms with Gasteiger partial charge in [0.2, 0.25) is 0 Å². The second-order valence-corrected chi connectivity index (χ2v) is 5.50. The van der Waals surface area contributed by atoms with Gasteiger partial charge in [-0.1, -0.05) is 12.1 Å². The molecule has 1 saturated heterocycles. The second-order valence-electron chi connectivity index (χ2n) is 5.50. The smallest absolute Gasteiger partial charge is 0.0917 e. The third-order valence-corrected chi connectivity index (χ3v) is 3.78. The first-order valence-corrected chi connectivity index (χ1v) is 7.09. The van der Waals surface area contributed by atoms with Crippen LogP contribution in [-0.2, 0) is 0 Å². The molecular formula is C15H25N3O. The first-order valence-electron chi connectivity index (χ1n) is 7.09. The fraction of sp³-hybridized carbons (Fsp3) is 0.600. The van der Waals surface area contributed by atoms with Gasteiger partial charge in [0.25, 0.3) is 0 Å². The number of hydrogen-bond donors (Lipinski definition) is 2. The number of likely N-dealkylation sites (tertiary alicyclic amines) is 1. The number of aliphatic hydroxyl groups is 1. The minimum absolute atomic E-state index is 0.466. The van der Waals surface area contributed by atoms with E-state index in [1.54, 1.807) is 0 Å². The summed E-state index contributed by atoms with van der Waals surface area (Å²) < 4.78 is 0. The van der Waals surface area contributed by atoms with Gasteiger partial charge in [-0.2, -0.15) is 0 Å². The zero-order valence-corrected chi connectivity index (χ0v) is 11.8. The molecule has 19 heavy (non-hydrogen) atoms. The lowest BCUT2D eigenvalue weighted by Gasteiger charge is -2.23. The molecule has 1 heterocycles. The topological polar surface area (TPSA) is 52.7 Å². The van der Waals surface area contributed by atoms with E-state index in [0.29, 0.717) is 12.2 Å². The molecule has 106 valence electrons. The van der Waals surface area contributed by atoms with Gasteiger partial charge in [0.05, 0.1) is 6.10 Å². The predicted molar refractivity (Wildman–Crippen MR) is 79.0 cm³/mol. The van der Waals surface area contributed by atoms with Crippen molar-refractivity contribution in [2.75, 3.05) is 45.5 Å². The Bertz CT molecular complexity index is 391. The van der Waals surface area contributed by atoms with Crippen molar-refractivity contribution >= 4 is 5.69 Å². The van der Waals surface area contributed by atoms with E-state index in [1.807, 2.05) is 24.3 Å². The first-order chi connectivity index (χ1) is 9.15. The van der Waals surface area contributed by atoms with E-state index < -0.39 is 6.10 Å². The number of nitrogens with zero attached hydrogens (tertiary/aromatic N) is 2. The number of nitrogens with two attached hydrogens (primary N) is 1. The van der Waals surface area contributed by atoms with E-state index in [-0.39, 0.29) is 0 Å². The van der Waals surface area contributed by atoms with Crippen LogP contribution in [0, 0.1) is 0 Å². The van der Waals surface area contributed by atoms with Gasteiger partial charge in [0.1, 0.15) is 0 Å². The fourth-order valence-electron chi connectivity index (χ4n) is 2.58. The third-order valence-electron chi connectivity index (χ3n) is 3.78. The number of anilines is 1. The Balaban J connectivity index is 1.76. The minimum Gasteiger partial charge on any atom is -0.399 e. The lowest BCUT2D eigenvalue weighted by atomic mass is 10.1. The summed E-state index contributed by atoms with van der Waals surface area (Å²) in [4.78, 5) is 4.68. The lowest BCUT2D eigenvalue weighted by Crippen LogP contribution is -2.33. The van der Waals surface area contributed by atoms with Crippen LogP contribution in [0.5, 0.6) is 0 Å². The third kappa shape index (κ3) is 4.49. The van der Waals surface area contributed by atoms with Crippen LogP contribution in [0.2, 0.25) is 0 Å². The summed E-state index contributed by atoms with van der Waals surface area (Å²) in [5.74, 6) is 0. The van der Waals surface area contributed by atoms with Crippen LogP contribution in [0.1, 0.15) is 24.5 Å². The van der Waals surface area contributed by atoms with Gasteiger partial charge >= 0.3 is 0 Å². The van der Waals surface area contributed by atoms with Crippen molar-refractivity contribution in [2.24, 2.45) is 0 Å². The molecule has 1 aromatic carbocycles. The van der Waals surface area contributed by atoms with Crippen LogP contribution in [-0.4, -0.2) is 54.7 Å². The number of benzene rings is 1. The maximum absolute atomic E-state index is 10.2. The Hall–Kier alpha value is -1.10. The van der Waals surface area contributed by atoms with Crippen LogP contribution < -0.4 is 5.73 Å². The molecule has 0 spiro atoms. The van der Waals surface area contributed by atoms with E-state index in [4.69, 9.17) is 5.73 Å². The molecule has 2 rings (SSSR count). The van der Waals surface area contributed by atoms with E-state index in [9.17, 15) is 5.11 Å². The van der Waals surface area contributed by atoms with Crippen LogP contribution in [0.3, 0.4) is 0 Å². The Morgan fingerprint density at radius 2 is 2.11 bits per heavy atom. The second kappa shape index (κ2) is 6.89. The molecule has 1 aliphatic heterocycles. The van der Waals surface area contributed by atoms with Gasteiger partial charge in [-0.15, -0.1) is 0 Å². The van der Waals surface area contributed by atoms with Crippen LogP contribution in [0.15, 0.2) is 24.3 Å². The average molecular weight is 263 g/mol. The largest absolute Gasteiger partial charge is 0.399 e. The molecule has 0 bridgehead atoms. The normalized spacial score (nSPS) is 18.1. The maximum atomic E-state index is 10.2. The number of likely N-dealkylation sites (N-methyl/N-ethyl adjacent to an activating group) is 1. The number of aliphatic hydroxyl groups excluding tert-OH is 1. The minimum atomic E-state index is -0.466. The summed E-state index contributed by atoms with van der Waals surface area (Å²) in [6.45, 7) is 5.20. The molecule has 1 aromatic rings. The van der Waals surface area contributed by atoms with Gasteiger partial charge in [-0.25, -0.2) is 0 Å². The van der Waals surface area contributed by atoms with Crippen molar-refractivity contribution in [3.8, 4) is 0 Å².